The van der Waals surface area contributed by atoms with Gasteiger partial charge in [0.05, 0.1) is 17.1 Å². The number of aromatic nitrogens is 2. The molecule has 194 valence electrons. The van der Waals surface area contributed by atoms with E-state index in [1.54, 1.807) is 30.5 Å². The van der Waals surface area contributed by atoms with Gasteiger partial charge in [-0.2, -0.15) is 29.8 Å². The second-order valence-electron chi connectivity index (χ2n) is 8.88. The van der Waals surface area contributed by atoms with Crippen LogP contribution < -0.4 is 10.2 Å². The highest BCUT2D eigenvalue weighted by atomic mass is 32.1. The molecule has 38 heavy (non-hydrogen) atoms. The van der Waals surface area contributed by atoms with Crippen LogP contribution in [0.4, 0.5) is 19.0 Å². The zero-order valence-corrected chi connectivity index (χ0v) is 21.0. The van der Waals surface area contributed by atoms with Gasteiger partial charge in [-0.3, -0.25) is 9.69 Å². The van der Waals surface area contributed by atoms with Crippen LogP contribution in [0.1, 0.15) is 21.6 Å². The molecule has 4 heterocycles. The molecule has 4 aromatic rings. The summed E-state index contributed by atoms with van der Waals surface area (Å²) in [4.78, 5) is 25.3. The van der Waals surface area contributed by atoms with Crippen molar-refractivity contribution in [2.45, 2.75) is 6.18 Å². The first kappa shape index (κ1) is 25.6. The summed E-state index contributed by atoms with van der Waals surface area (Å²) in [5, 5.41) is 16.2. The van der Waals surface area contributed by atoms with Crippen LogP contribution in [0.25, 0.3) is 22.0 Å². The van der Waals surface area contributed by atoms with Crippen molar-refractivity contribution in [2.75, 3.05) is 44.2 Å². The minimum Gasteiger partial charge on any atom is -0.353 e. The van der Waals surface area contributed by atoms with Gasteiger partial charge < -0.3 is 10.2 Å². The number of benzene rings is 1. The van der Waals surface area contributed by atoms with E-state index in [0.717, 1.165) is 11.6 Å². The molecule has 0 saturated carbocycles. The van der Waals surface area contributed by atoms with Crippen molar-refractivity contribution in [1.29, 1.82) is 5.26 Å². The van der Waals surface area contributed by atoms with Gasteiger partial charge in [-0.1, -0.05) is 6.07 Å². The molecule has 0 atom stereocenters. The number of anilines is 1. The molecule has 1 aromatic carbocycles. The van der Waals surface area contributed by atoms with Crippen molar-refractivity contribution in [2.24, 2.45) is 0 Å². The summed E-state index contributed by atoms with van der Waals surface area (Å²) < 4.78 is 40.3. The summed E-state index contributed by atoms with van der Waals surface area (Å²) in [7, 11) is 0. The molecule has 1 amide bonds. The highest BCUT2D eigenvalue weighted by molar-refractivity contribution is 7.08. The Morgan fingerprint density at radius 3 is 2.66 bits per heavy atom. The van der Waals surface area contributed by atoms with Gasteiger partial charge in [0.25, 0.3) is 5.91 Å². The first-order chi connectivity index (χ1) is 18.3. The predicted molar refractivity (Wildman–Crippen MR) is 140 cm³/mol. The molecule has 7 nitrogen and oxygen atoms in total. The van der Waals surface area contributed by atoms with Crippen molar-refractivity contribution in [3.63, 3.8) is 0 Å². The Kier molecular flexibility index (Phi) is 7.26. The van der Waals surface area contributed by atoms with E-state index in [0.29, 0.717) is 67.2 Å². The average Bonchev–Trinajstić information content (AvgIpc) is 3.47. The number of carbonyl (C=O) groups excluding carboxylic acids is 1. The number of fused-ring (bicyclic) bond motifs is 1. The number of rotatable bonds is 6. The number of nitrogens with one attached hydrogen (secondary N) is 1. The monoisotopic (exact) mass is 536 g/mol. The molecule has 1 N–H and O–H groups in total. The maximum atomic E-state index is 13.4. The predicted octanol–water partition coefficient (Wildman–Crippen LogP) is 4.80. The molecular weight excluding hydrogens is 513 g/mol. The quantitative estimate of drug-likeness (QED) is 0.381. The van der Waals surface area contributed by atoms with E-state index in [9.17, 15) is 18.0 Å². The molecular formula is C27H23F3N6OS. The number of pyridine rings is 2. The highest BCUT2D eigenvalue weighted by Gasteiger charge is 2.33. The molecule has 0 unspecified atom stereocenters. The minimum absolute atomic E-state index is 0.229. The lowest BCUT2D eigenvalue weighted by Gasteiger charge is -2.36. The Labute approximate surface area is 221 Å². The van der Waals surface area contributed by atoms with Gasteiger partial charge in [-0.05, 0) is 52.7 Å². The van der Waals surface area contributed by atoms with Crippen LogP contribution in [0.3, 0.4) is 0 Å². The number of carbonyl (C=O) groups is 1. The van der Waals surface area contributed by atoms with E-state index in [1.165, 1.54) is 17.4 Å². The van der Waals surface area contributed by atoms with Crippen LogP contribution in [0, 0.1) is 11.3 Å². The fraction of sp³-hybridized carbons (Fsp3) is 0.259. The van der Waals surface area contributed by atoms with Crippen molar-refractivity contribution in [3.8, 4) is 17.2 Å². The first-order valence-corrected chi connectivity index (χ1v) is 12.9. The standard InChI is InChI=1S/C27H23F3N6OS/c28-27(29,30)23-5-4-21-24(34-23)22(20-6-13-38-17-20)16-33-25(21)36-11-9-35(10-12-36)8-7-32-26(37)19-3-1-2-18(14-19)15-31/h1-6,13-14,16-17H,7-12H2,(H,32,37). The normalized spacial score (nSPS) is 14.4. The zero-order chi connectivity index (χ0) is 26.7. The second-order valence-corrected chi connectivity index (χ2v) is 9.66. The van der Waals surface area contributed by atoms with Crippen LogP contribution >= 0.6 is 11.3 Å². The molecule has 5 rings (SSSR count). The summed E-state index contributed by atoms with van der Waals surface area (Å²) >= 11 is 1.46. The average molecular weight is 537 g/mol. The van der Waals surface area contributed by atoms with Gasteiger partial charge in [0.2, 0.25) is 0 Å². The number of alkyl halides is 3. The number of piperazine rings is 1. The number of nitrogens with zero attached hydrogens (tertiary/aromatic N) is 5. The minimum atomic E-state index is -4.54. The molecule has 0 aliphatic carbocycles. The van der Waals surface area contributed by atoms with Crippen LogP contribution in [0.15, 0.2) is 59.4 Å². The number of hydrogen-bond donors (Lipinski definition) is 1. The third kappa shape index (κ3) is 5.46. The van der Waals surface area contributed by atoms with Crippen LogP contribution in [0.2, 0.25) is 0 Å². The lowest BCUT2D eigenvalue weighted by molar-refractivity contribution is -0.140. The zero-order valence-electron chi connectivity index (χ0n) is 20.2. The van der Waals surface area contributed by atoms with Gasteiger partial charge >= 0.3 is 6.18 Å². The van der Waals surface area contributed by atoms with Crippen molar-refractivity contribution < 1.29 is 18.0 Å². The van der Waals surface area contributed by atoms with Gasteiger partial charge in [0.1, 0.15) is 11.5 Å². The molecule has 0 bridgehead atoms. The van der Waals surface area contributed by atoms with Gasteiger partial charge in [-0.15, -0.1) is 0 Å². The number of amides is 1. The molecule has 0 radical (unpaired) electrons. The summed E-state index contributed by atoms with van der Waals surface area (Å²) in [6.07, 6.45) is -2.93. The van der Waals surface area contributed by atoms with E-state index in [4.69, 9.17) is 5.26 Å². The van der Waals surface area contributed by atoms with Gasteiger partial charge in [0, 0.05) is 62.0 Å². The maximum Gasteiger partial charge on any atom is 0.433 e. The van der Waals surface area contributed by atoms with E-state index in [2.05, 4.69) is 25.1 Å². The molecule has 11 heteroatoms. The Hall–Kier alpha value is -4.01. The summed E-state index contributed by atoms with van der Waals surface area (Å²) in [6.45, 7) is 3.81. The summed E-state index contributed by atoms with van der Waals surface area (Å²) in [5.74, 6) is 0.387. The van der Waals surface area contributed by atoms with E-state index in [1.807, 2.05) is 22.9 Å². The largest absolute Gasteiger partial charge is 0.433 e. The molecule has 1 saturated heterocycles. The fourth-order valence-electron chi connectivity index (χ4n) is 4.48. The number of thiophene rings is 1. The molecule has 1 aliphatic heterocycles. The van der Waals surface area contributed by atoms with Gasteiger partial charge in [-0.25, -0.2) is 9.97 Å². The van der Waals surface area contributed by atoms with Crippen LogP contribution in [-0.2, 0) is 6.18 Å². The van der Waals surface area contributed by atoms with Crippen molar-refractivity contribution in [1.82, 2.24) is 20.2 Å². The molecule has 0 spiro atoms. The van der Waals surface area contributed by atoms with Crippen molar-refractivity contribution in [3.05, 3.63) is 76.2 Å². The summed E-state index contributed by atoms with van der Waals surface area (Å²) in [5.41, 5.74) is 1.60. The van der Waals surface area contributed by atoms with E-state index in [-0.39, 0.29) is 11.4 Å². The lowest BCUT2D eigenvalue weighted by atomic mass is 10.1. The number of halogens is 3. The topological polar surface area (TPSA) is 85.2 Å². The molecule has 1 aliphatic rings. The third-order valence-corrected chi connectivity index (χ3v) is 7.15. The van der Waals surface area contributed by atoms with Crippen LogP contribution in [0.5, 0.6) is 0 Å². The molecule has 1 fully saturated rings. The van der Waals surface area contributed by atoms with Crippen molar-refractivity contribution >= 4 is 34.0 Å². The van der Waals surface area contributed by atoms with Gasteiger partial charge in [0.15, 0.2) is 0 Å². The summed E-state index contributed by atoms with van der Waals surface area (Å²) in [6, 6.07) is 12.9. The lowest BCUT2D eigenvalue weighted by Crippen LogP contribution is -2.48. The third-order valence-electron chi connectivity index (χ3n) is 6.47. The van der Waals surface area contributed by atoms with E-state index < -0.39 is 11.9 Å². The Bertz CT molecular complexity index is 1490. The highest BCUT2D eigenvalue weighted by Crippen LogP contribution is 2.36. The SMILES string of the molecule is N#Cc1cccc(C(=O)NCCN2CCN(c3ncc(-c4ccsc4)c4nc(C(F)(F)F)ccc34)CC2)c1. The van der Waals surface area contributed by atoms with Crippen LogP contribution in [-0.4, -0.2) is 60.0 Å². The number of nitriles is 1. The smallest absolute Gasteiger partial charge is 0.353 e. The van der Waals surface area contributed by atoms with E-state index >= 15 is 0 Å². The fourth-order valence-corrected chi connectivity index (χ4v) is 5.14. The number of hydrogen-bond acceptors (Lipinski definition) is 7. The first-order valence-electron chi connectivity index (χ1n) is 12.0. The Morgan fingerprint density at radius 2 is 1.95 bits per heavy atom. The Balaban J connectivity index is 1.26. The second kappa shape index (κ2) is 10.8. The molecule has 3 aromatic heterocycles. The Morgan fingerprint density at radius 1 is 1.13 bits per heavy atom. The maximum absolute atomic E-state index is 13.4.